The molecule has 0 aromatic heterocycles. The van der Waals surface area contributed by atoms with Gasteiger partial charge in [-0.25, -0.2) is 0 Å². The van der Waals surface area contributed by atoms with Gasteiger partial charge < -0.3 is 10.6 Å². The highest BCUT2D eigenvalue weighted by Gasteiger charge is 2.20. The fourth-order valence-electron chi connectivity index (χ4n) is 2.29. The Labute approximate surface area is 153 Å². The van der Waals surface area contributed by atoms with Gasteiger partial charge in [0.2, 0.25) is 0 Å². The van der Waals surface area contributed by atoms with Gasteiger partial charge in [-0.15, -0.1) is 0 Å². The maximum Gasteiger partial charge on any atom is 0.277 e. The first-order valence-electron chi connectivity index (χ1n) is 7.87. The van der Waals surface area contributed by atoms with Crippen LogP contribution in [-0.2, 0) is 0 Å². The summed E-state index contributed by atoms with van der Waals surface area (Å²) in [6.07, 6.45) is 0. The van der Waals surface area contributed by atoms with Gasteiger partial charge in [0.15, 0.2) is 0 Å². The SMILES string of the molecule is CCNC(=O)c1ccc(C)c(NC(=O)c2cc([N+](=O)[O-])cc([N+](=O)[O-])c2)c1. The highest BCUT2D eigenvalue weighted by atomic mass is 16.6. The molecule has 2 amide bonds. The quantitative estimate of drug-likeness (QED) is 0.589. The minimum Gasteiger partial charge on any atom is -0.352 e. The van der Waals surface area contributed by atoms with Gasteiger partial charge in [0.05, 0.1) is 21.5 Å². The third-order valence-electron chi connectivity index (χ3n) is 3.67. The van der Waals surface area contributed by atoms with E-state index in [2.05, 4.69) is 10.6 Å². The molecule has 0 radical (unpaired) electrons. The van der Waals surface area contributed by atoms with E-state index in [1.54, 1.807) is 26.0 Å². The molecule has 0 saturated heterocycles. The third-order valence-corrected chi connectivity index (χ3v) is 3.67. The summed E-state index contributed by atoms with van der Waals surface area (Å²) < 4.78 is 0. The standard InChI is InChI=1S/C17H16N4O6/c1-3-18-16(22)11-5-4-10(2)15(8-11)19-17(23)12-6-13(20(24)25)9-14(7-12)21(26)27/h4-9H,3H2,1-2H3,(H,18,22)(H,19,23). The number of aryl methyl sites for hydroxylation is 1. The van der Waals surface area contributed by atoms with Crippen LogP contribution in [0.1, 0.15) is 33.2 Å². The van der Waals surface area contributed by atoms with E-state index in [0.717, 1.165) is 18.2 Å². The highest BCUT2D eigenvalue weighted by molar-refractivity contribution is 6.06. The molecule has 0 unspecified atom stereocenters. The Bertz CT molecular complexity index is 909. The molecule has 0 aliphatic rings. The van der Waals surface area contributed by atoms with E-state index in [1.807, 2.05) is 0 Å². The number of carbonyl (C=O) groups is 2. The molecule has 0 fully saturated rings. The first-order valence-corrected chi connectivity index (χ1v) is 7.87. The second kappa shape index (κ2) is 8.04. The maximum absolute atomic E-state index is 12.5. The van der Waals surface area contributed by atoms with E-state index in [0.29, 0.717) is 23.4 Å². The van der Waals surface area contributed by atoms with E-state index in [9.17, 15) is 29.8 Å². The van der Waals surface area contributed by atoms with Gasteiger partial charge in [-0.2, -0.15) is 0 Å². The van der Waals surface area contributed by atoms with Crippen LogP contribution < -0.4 is 10.6 Å². The first-order chi connectivity index (χ1) is 12.7. The Hall–Kier alpha value is -3.82. The molecule has 2 N–H and O–H groups in total. The molecule has 2 aromatic carbocycles. The number of nitrogens with one attached hydrogen (secondary N) is 2. The lowest BCUT2D eigenvalue weighted by molar-refractivity contribution is -0.394. The first kappa shape index (κ1) is 19.5. The molecule has 0 aliphatic heterocycles. The van der Waals surface area contributed by atoms with Crippen LogP contribution >= 0.6 is 0 Å². The van der Waals surface area contributed by atoms with Crippen LogP contribution in [0.5, 0.6) is 0 Å². The Morgan fingerprint density at radius 2 is 1.52 bits per heavy atom. The monoisotopic (exact) mass is 372 g/mol. The summed E-state index contributed by atoms with van der Waals surface area (Å²) in [5.41, 5.74) is -0.0833. The number of hydrogen-bond acceptors (Lipinski definition) is 6. The average Bonchev–Trinajstić information content (AvgIpc) is 2.63. The van der Waals surface area contributed by atoms with E-state index in [-0.39, 0.29) is 11.5 Å². The number of nitro groups is 2. The zero-order valence-corrected chi connectivity index (χ0v) is 14.5. The van der Waals surface area contributed by atoms with Crippen LogP contribution in [0.3, 0.4) is 0 Å². The number of non-ortho nitro benzene ring substituents is 2. The van der Waals surface area contributed by atoms with Gasteiger partial charge >= 0.3 is 0 Å². The third kappa shape index (κ3) is 4.63. The second-order valence-electron chi connectivity index (χ2n) is 5.60. The summed E-state index contributed by atoms with van der Waals surface area (Å²) in [5.74, 6) is -1.09. The van der Waals surface area contributed by atoms with Crippen molar-refractivity contribution in [2.75, 3.05) is 11.9 Å². The number of benzene rings is 2. The van der Waals surface area contributed by atoms with Crippen LogP contribution in [0.25, 0.3) is 0 Å². The van der Waals surface area contributed by atoms with E-state index in [1.165, 1.54) is 6.07 Å². The second-order valence-corrected chi connectivity index (χ2v) is 5.60. The lowest BCUT2D eigenvalue weighted by Gasteiger charge is -2.11. The lowest BCUT2D eigenvalue weighted by Crippen LogP contribution is -2.23. The van der Waals surface area contributed by atoms with Crippen LogP contribution in [0, 0.1) is 27.2 Å². The predicted molar refractivity (Wildman–Crippen MR) is 96.9 cm³/mol. The molecule has 140 valence electrons. The van der Waals surface area contributed by atoms with Gasteiger partial charge in [0, 0.05) is 29.9 Å². The summed E-state index contributed by atoms with van der Waals surface area (Å²) in [5, 5.41) is 27.1. The van der Waals surface area contributed by atoms with E-state index < -0.39 is 27.1 Å². The molecule has 0 spiro atoms. The molecule has 2 aromatic rings. The Morgan fingerprint density at radius 1 is 0.926 bits per heavy atom. The molecule has 10 nitrogen and oxygen atoms in total. The van der Waals surface area contributed by atoms with Gasteiger partial charge in [0.25, 0.3) is 23.2 Å². The fourth-order valence-corrected chi connectivity index (χ4v) is 2.29. The lowest BCUT2D eigenvalue weighted by atomic mass is 10.1. The Morgan fingerprint density at radius 3 is 2.04 bits per heavy atom. The number of hydrogen-bond donors (Lipinski definition) is 2. The average molecular weight is 372 g/mol. The zero-order valence-electron chi connectivity index (χ0n) is 14.5. The zero-order chi connectivity index (χ0) is 20.1. The smallest absolute Gasteiger partial charge is 0.277 e. The minimum absolute atomic E-state index is 0.237. The number of carbonyl (C=O) groups excluding carboxylic acids is 2. The number of anilines is 1. The number of amides is 2. The van der Waals surface area contributed by atoms with Crippen LogP contribution in [0.4, 0.5) is 17.1 Å². The van der Waals surface area contributed by atoms with Gasteiger partial charge in [0.1, 0.15) is 0 Å². The molecular formula is C17H16N4O6. The van der Waals surface area contributed by atoms with Gasteiger partial charge in [-0.05, 0) is 31.5 Å². The van der Waals surface area contributed by atoms with Crippen molar-refractivity contribution in [3.63, 3.8) is 0 Å². The van der Waals surface area contributed by atoms with Crippen molar-refractivity contribution in [3.05, 3.63) is 73.3 Å². The number of nitrogens with zero attached hydrogens (tertiary/aromatic N) is 2. The van der Waals surface area contributed by atoms with Crippen LogP contribution in [0.15, 0.2) is 36.4 Å². The molecule has 0 saturated carbocycles. The Kier molecular flexibility index (Phi) is 5.81. The van der Waals surface area contributed by atoms with E-state index in [4.69, 9.17) is 0 Å². The highest BCUT2D eigenvalue weighted by Crippen LogP contribution is 2.24. The minimum atomic E-state index is -0.815. The number of rotatable bonds is 6. The summed E-state index contributed by atoms with van der Waals surface area (Å²) in [6, 6.07) is 7.36. The summed E-state index contributed by atoms with van der Waals surface area (Å²) in [6.45, 7) is 3.91. The normalized spacial score (nSPS) is 10.1. The van der Waals surface area contributed by atoms with Crippen molar-refractivity contribution >= 4 is 28.9 Å². The van der Waals surface area contributed by atoms with Crippen molar-refractivity contribution in [1.29, 1.82) is 0 Å². The molecule has 2 rings (SSSR count). The van der Waals surface area contributed by atoms with Gasteiger partial charge in [-0.3, -0.25) is 29.8 Å². The maximum atomic E-state index is 12.5. The van der Waals surface area contributed by atoms with Crippen molar-refractivity contribution in [1.82, 2.24) is 5.32 Å². The molecule has 27 heavy (non-hydrogen) atoms. The summed E-state index contributed by atoms with van der Waals surface area (Å²) >= 11 is 0. The largest absolute Gasteiger partial charge is 0.352 e. The molecule has 0 heterocycles. The van der Waals surface area contributed by atoms with Crippen LogP contribution in [-0.4, -0.2) is 28.2 Å². The summed E-state index contributed by atoms with van der Waals surface area (Å²) in [4.78, 5) is 44.7. The van der Waals surface area contributed by atoms with Crippen LogP contribution in [0.2, 0.25) is 0 Å². The molecule has 0 atom stereocenters. The summed E-state index contributed by atoms with van der Waals surface area (Å²) in [7, 11) is 0. The van der Waals surface area contributed by atoms with E-state index >= 15 is 0 Å². The van der Waals surface area contributed by atoms with Crippen molar-refractivity contribution in [2.45, 2.75) is 13.8 Å². The van der Waals surface area contributed by atoms with Crippen molar-refractivity contribution in [2.24, 2.45) is 0 Å². The number of nitro benzene ring substituents is 2. The predicted octanol–water partition coefficient (Wildman–Crippen LogP) is 2.81. The topological polar surface area (TPSA) is 144 Å². The van der Waals surface area contributed by atoms with Crippen molar-refractivity contribution < 1.29 is 19.4 Å². The fraction of sp³-hybridized carbons (Fsp3) is 0.176. The van der Waals surface area contributed by atoms with Crippen molar-refractivity contribution in [3.8, 4) is 0 Å². The Balaban J connectivity index is 2.37. The molecular weight excluding hydrogens is 356 g/mol. The van der Waals surface area contributed by atoms with Gasteiger partial charge in [-0.1, -0.05) is 6.07 Å². The molecule has 10 heteroatoms. The molecule has 0 aliphatic carbocycles. The molecule has 0 bridgehead atoms.